The largest absolute Gasteiger partial charge is 0.494 e. The fourth-order valence-electron chi connectivity index (χ4n) is 4.84. The van der Waals surface area contributed by atoms with Crippen molar-refractivity contribution in [3.8, 4) is 5.75 Å². The molecule has 1 N–H and O–H groups in total. The molecule has 206 valence electrons. The number of amides is 2. The predicted molar refractivity (Wildman–Crippen MR) is 158 cm³/mol. The summed E-state index contributed by atoms with van der Waals surface area (Å²) in [7, 11) is 0. The smallest absolute Gasteiger partial charge is 0.243 e. The number of ether oxygens (including phenoxy) is 1. The molecule has 3 aromatic rings. The lowest BCUT2D eigenvalue weighted by Gasteiger charge is -2.32. The number of benzene rings is 3. The quantitative estimate of drug-likeness (QED) is 0.223. The second-order valence-electron chi connectivity index (χ2n) is 9.86. The SMILES string of the molecule is O=C(NC1CCCC1)[C@H](Cc1ccccc1)N(Cc1ccc(Cl)cc1Cl)C(=O)CCCOc1ccc(Cl)cc1. The second kappa shape index (κ2) is 14.6. The average Bonchev–Trinajstić information content (AvgIpc) is 3.44. The Bertz CT molecular complexity index is 1230. The summed E-state index contributed by atoms with van der Waals surface area (Å²) < 4.78 is 5.79. The van der Waals surface area contributed by atoms with Crippen molar-refractivity contribution in [3.63, 3.8) is 0 Å². The number of hydrogen-bond donors (Lipinski definition) is 1. The Morgan fingerprint density at radius 3 is 2.31 bits per heavy atom. The molecular formula is C31H33Cl3N2O3. The van der Waals surface area contributed by atoms with E-state index in [1.165, 1.54) is 0 Å². The molecule has 1 atom stereocenters. The van der Waals surface area contributed by atoms with Gasteiger partial charge in [0.25, 0.3) is 0 Å². The molecule has 0 unspecified atom stereocenters. The van der Waals surface area contributed by atoms with E-state index in [1.54, 1.807) is 41.3 Å². The van der Waals surface area contributed by atoms with Crippen LogP contribution in [0, 0.1) is 0 Å². The van der Waals surface area contributed by atoms with Gasteiger partial charge in [-0.3, -0.25) is 9.59 Å². The molecule has 0 saturated heterocycles. The first-order valence-corrected chi connectivity index (χ1v) is 14.5. The lowest BCUT2D eigenvalue weighted by Crippen LogP contribution is -2.52. The van der Waals surface area contributed by atoms with Crippen molar-refractivity contribution in [2.75, 3.05) is 6.61 Å². The molecule has 0 bridgehead atoms. The maximum absolute atomic E-state index is 13.8. The first-order chi connectivity index (χ1) is 18.9. The first kappa shape index (κ1) is 29.3. The summed E-state index contributed by atoms with van der Waals surface area (Å²) in [6, 6.07) is 21.6. The van der Waals surface area contributed by atoms with Crippen LogP contribution in [0.5, 0.6) is 5.75 Å². The third-order valence-electron chi connectivity index (χ3n) is 6.95. The number of hydrogen-bond acceptors (Lipinski definition) is 3. The number of carbonyl (C=O) groups excluding carboxylic acids is 2. The number of nitrogens with one attached hydrogen (secondary N) is 1. The molecule has 2 amide bonds. The Labute approximate surface area is 245 Å². The van der Waals surface area contributed by atoms with Gasteiger partial charge in [0.15, 0.2) is 0 Å². The predicted octanol–water partition coefficient (Wildman–Crippen LogP) is 7.50. The van der Waals surface area contributed by atoms with Crippen LogP contribution in [0.2, 0.25) is 15.1 Å². The van der Waals surface area contributed by atoms with E-state index in [1.807, 2.05) is 36.4 Å². The molecule has 0 heterocycles. The molecule has 0 radical (unpaired) electrons. The van der Waals surface area contributed by atoms with Crippen molar-refractivity contribution in [3.05, 3.63) is 99.0 Å². The van der Waals surface area contributed by atoms with Gasteiger partial charge in [-0.25, -0.2) is 0 Å². The van der Waals surface area contributed by atoms with Crippen molar-refractivity contribution in [2.45, 2.75) is 63.6 Å². The molecule has 5 nitrogen and oxygen atoms in total. The van der Waals surface area contributed by atoms with Crippen LogP contribution in [0.3, 0.4) is 0 Å². The van der Waals surface area contributed by atoms with Crippen LogP contribution in [0.4, 0.5) is 0 Å². The topological polar surface area (TPSA) is 58.6 Å². The molecule has 39 heavy (non-hydrogen) atoms. The van der Waals surface area contributed by atoms with Gasteiger partial charge in [-0.2, -0.15) is 0 Å². The molecule has 0 aromatic heterocycles. The third-order valence-corrected chi connectivity index (χ3v) is 7.78. The molecule has 1 fully saturated rings. The highest BCUT2D eigenvalue weighted by molar-refractivity contribution is 6.35. The first-order valence-electron chi connectivity index (χ1n) is 13.3. The van der Waals surface area contributed by atoms with Crippen LogP contribution >= 0.6 is 34.8 Å². The van der Waals surface area contributed by atoms with Crippen molar-refractivity contribution >= 4 is 46.6 Å². The van der Waals surface area contributed by atoms with Gasteiger partial charge >= 0.3 is 0 Å². The zero-order valence-electron chi connectivity index (χ0n) is 21.8. The maximum atomic E-state index is 13.8. The minimum Gasteiger partial charge on any atom is -0.494 e. The average molecular weight is 588 g/mol. The molecule has 8 heteroatoms. The molecule has 1 aliphatic carbocycles. The Balaban J connectivity index is 1.54. The molecular weight excluding hydrogens is 555 g/mol. The third kappa shape index (κ3) is 8.89. The standard InChI is InChI=1S/C31H33Cl3N2O3/c32-24-14-16-27(17-15-24)39-18-6-11-30(37)36(21-23-12-13-25(33)20-28(23)34)29(19-22-7-2-1-3-8-22)31(38)35-26-9-4-5-10-26/h1-3,7-8,12-17,20,26,29H,4-6,9-11,18-19,21H2,(H,35,38)/t29-/m0/s1. The molecule has 1 saturated carbocycles. The van der Waals surface area contributed by atoms with Crippen molar-refractivity contribution < 1.29 is 14.3 Å². The minimum absolute atomic E-state index is 0.136. The number of rotatable bonds is 12. The Hall–Kier alpha value is -2.73. The van der Waals surface area contributed by atoms with Gasteiger partial charge < -0.3 is 15.0 Å². The van der Waals surface area contributed by atoms with Gasteiger partial charge in [-0.1, -0.05) is 84.0 Å². The van der Waals surface area contributed by atoms with E-state index in [-0.39, 0.29) is 30.8 Å². The van der Waals surface area contributed by atoms with Gasteiger partial charge in [0.1, 0.15) is 11.8 Å². The van der Waals surface area contributed by atoms with Crippen LogP contribution in [-0.2, 0) is 22.6 Å². The number of nitrogens with zero attached hydrogens (tertiary/aromatic N) is 1. The van der Waals surface area contributed by atoms with Crippen LogP contribution in [0.25, 0.3) is 0 Å². The second-order valence-corrected chi connectivity index (χ2v) is 11.1. The van der Waals surface area contributed by atoms with E-state index >= 15 is 0 Å². The summed E-state index contributed by atoms with van der Waals surface area (Å²) in [5.41, 5.74) is 1.72. The monoisotopic (exact) mass is 586 g/mol. The van der Waals surface area contributed by atoms with Gasteiger partial charge in [0.05, 0.1) is 6.61 Å². The van der Waals surface area contributed by atoms with Gasteiger partial charge in [-0.15, -0.1) is 0 Å². The Kier molecular flexibility index (Phi) is 11.0. The normalized spacial score (nSPS) is 14.1. The zero-order chi connectivity index (χ0) is 27.6. The molecule has 4 rings (SSSR count). The Morgan fingerprint density at radius 1 is 0.923 bits per heavy atom. The number of halogens is 3. The minimum atomic E-state index is -0.690. The summed E-state index contributed by atoms with van der Waals surface area (Å²) in [4.78, 5) is 29.1. The van der Waals surface area contributed by atoms with E-state index in [4.69, 9.17) is 39.5 Å². The highest BCUT2D eigenvalue weighted by Gasteiger charge is 2.32. The van der Waals surface area contributed by atoms with E-state index in [9.17, 15) is 9.59 Å². The summed E-state index contributed by atoms with van der Waals surface area (Å²) in [5, 5.41) is 4.82. The Morgan fingerprint density at radius 2 is 1.62 bits per heavy atom. The van der Waals surface area contributed by atoms with E-state index in [0.29, 0.717) is 40.3 Å². The molecule has 0 aliphatic heterocycles. The van der Waals surface area contributed by atoms with Gasteiger partial charge in [0.2, 0.25) is 11.8 Å². The van der Waals surface area contributed by atoms with Crippen molar-refractivity contribution in [2.24, 2.45) is 0 Å². The lowest BCUT2D eigenvalue weighted by molar-refractivity contribution is -0.141. The lowest BCUT2D eigenvalue weighted by atomic mass is 10.0. The van der Waals surface area contributed by atoms with E-state index < -0.39 is 6.04 Å². The molecule has 3 aromatic carbocycles. The van der Waals surface area contributed by atoms with Crippen LogP contribution in [-0.4, -0.2) is 35.4 Å². The summed E-state index contributed by atoms with van der Waals surface area (Å²) in [6.45, 7) is 0.559. The maximum Gasteiger partial charge on any atom is 0.243 e. The van der Waals surface area contributed by atoms with Gasteiger partial charge in [0, 0.05) is 40.5 Å². The fourth-order valence-corrected chi connectivity index (χ4v) is 5.44. The van der Waals surface area contributed by atoms with Gasteiger partial charge in [-0.05, 0) is 66.8 Å². The number of carbonyl (C=O) groups is 2. The fraction of sp³-hybridized carbons (Fsp3) is 0.355. The van der Waals surface area contributed by atoms with Crippen LogP contribution in [0.1, 0.15) is 49.7 Å². The van der Waals surface area contributed by atoms with Crippen LogP contribution in [0.15, 0.2) is 72.8 Å². The summed E-state index contributed by atoms with van der Waals surface area (Å²) in [5.74, 6) is 0.416. The van der Waals surface area contributed by atoms with Crippen molar-refractivity contribution in [1.29, 1.82) is 0 Å². The van der Waals surface area contributed by atoms with Crippen molar-refractivity contribution in [1.82, 2.24) is 10.2 Å². The summed E-state index contributed by atoms with van der Waals surface area (Å²) in [6.07, 6.45) is 5.24. The van der Waals surface area contributed by atoms with Crippen LogP contribution < -0.4 is 10.1 Å². The zero-order valence-corrected chi connectivity index (χ0v) is 24.0. The molecule has 1 aliphatic rings. The van der Waals surface area contributed by atoms with E-state index in [0.717, 1.165) is 36.8 Å². The highest BCUT2D eigenvalue weighted by Crippen LogP contribution is 2.25. The molecule has 0 spiro atoms. The van der Waals surface area contributed by atoms with E-state index in [2.05, 4.69) is 5.32 Å². The highest BCUT2D eigenvalue weighted by atomic mass is 35.5. The summed E-state index contributed by atoms with van der Waals surface area (Å²) >= 11 is 18.6.